The maximum absolute atomic E-state index is 13.1. The highest BCUT2D eigenvalue weighted by molar-refractivity contribution is 5.80. The summed E-state index contributed by atoms with van der Waals surface area (Å²) in [7, 11) is 0. The summed E-state index contributed by atoms with van der Waals surface area (Å²) in [5.41, 5.74) is -0.764. The van der Waals surface area contributed by atoms with Gasteiger partial charge in [-0.1, -0.05) is 12.1 Å². The maximum atomic E-state index is 13.1. The number of nitrogens with zero attached hydrogens (tertiary/aromatic N) is 2. The van der Waals surface area contributed by atoms with Gasteiger partial charge in [0.05, 0.1) is 18.7 Å². The van der Waals surface area contributed by atoms with Gasteiger partial charge >= 0.3 is 6.18 Å². The summed E-state index contributed by atoms with van der Waals surface area (Å²) >= 11 is 0. The topological polar surface area (TPSA) is 58.1 Å². The van der Waals surface area contributed by atoms with E-state index in [0.29, 0.717) is 24.5 Å². The minimum Gasteiger partial charge on any atom is -0.491 e. The van der Waals surface area contributed by atoms with E-state index in [9.17, 15) is 13.2 Å². The molecule has 1 atom stereocenters. The molecule has 3 rings (SSSR count). The first kappa shape index (κ1) is 23.7. The average Bonchev–Trinajstić information content (AvgIpc) is 3.25. The molecule has 0 amide bonds. The summed E-state index contributed by atoms with van der Waals surface area (Å²) in [6.07, 6.45) is -1.21. The fourth-order valence-electron chi connectivity index (χ4n) is 4.01. The average molecular weight is 443 g/mol. The third kappa shape index (κ3) is 7.57. The predicted octanol–water partition coefficient (Wildman–Crippen LogP) is 3.14. The second-order valence-corrected chi connectivity index (χ2v) is 8.05. The number of piperidine rings is 1. The van der Waals surface area contributed by atoms with Gasteiger partial charge in [0.25, 0.3) is 0 Å². The van der Waals surface area contributed by atoms with Gasteiger partial charge in [-0.3, -0.25) is 0 Å². The SMILES string of the molecule is CCNC(=NCCOc1ccccc1C(F)(F)F)NC1CCN(CC2CCOC2)CC1. The molecule has 1 unspecified atom stereocenters. The quantitative estimate of drug-likeness (QED) is 0.368. The number of rotatable bonds is 8. The van der Waals surface area contributed by atoms with Crippen LogP contribution in [0.4, 0.5) is 13.2 Å². The first-order valence-corrected chi connectivity index (χ1v) is 11.1. The number of halogens is 3. The number of para-hydroxylation sites is 1. The zero-order chi connectivity index (χ0) is 22.1. The summed E-state index contributed by atoms with van der Waals surface area (Å²) in [5.74, 6) is 1.17. The first-order valence-electron chi connectivity index (χ1n) is 11.1. The normalized spacial score (nSPS) is 21.3. The van der Waals surface area contributed by atoms with E-state index in [1.54, 1.807) is 0 Å². The van der Waals surface area contributed by atoms with Crippen molar-refractivity contribution < 1.29 is 22.6 Å². The number of ether oxygens (including phenoxy) is 2. The van der Waals surface area contributed by atoms with Crippen molar-refractivity contribution in [1.82, 2.24) is 15.5 Å². The summed E-state index contributed by atoms with van der Waals surface area (Å²) in [4.78, 5) is 6.98. The van der Waals surface area contributed by atoms with Gasteiger partial charge in [-0.05, 0) is 44.2 Å². The molecule has 6 nitrogen and oxygen atoms in total. The molecule has 0 aromatic heterocycles. The van der Waals surface area contributed by atoms with Crippen molar-refractivity contribution in [3.8, 4) is 5.75 Å². The molecule has 0 radical (unpaired) electrons. The summed E-state index contributed by atoms with van der Waals surface area (Å²) < 4.78 is 50.0. The van der Waals surface area contributed by atoms with Gasteiger partial charge in [0.15, 0.2) is 5.96 Å². The Morgan fingerprint density at radius 2 is 2.00 bits per heavy atom. The lowest BCUT2D eigenvalue weighted by molar-refractivity contribution is -0.138. The lowest BCUT2D eigenvalue weighted by atomic mass is 10.0. The van der Waals surface area contributed by atoms with Crippen LogP contribution in [0.5, 0.6) is 5.75 Å². The largest absolute Gasteiger partial charge is 0.491 e. The molecule has 0 aliphatic carbocycles. The summed E-state index contributed by atoms with van der Waals surface area (Å²) in [6, 6.07) is 5.58. The van der Waals surface area contributed by atoms with Crippen LogP contribution in [-0.4, -0.2) is 69.4 Å². The number of hydrogen-bond donors (Lipinski definition) is 2. The minimum atomic E-state index is -4.43. The molecule has 2 heterocycles. The standard InChI is InChI=1S/C22H33F3N4O2/c1-2-26-21(27-10-14-31-20-6-4-3-5-19(20)22(23,24)25)28-18-7-11-29(12-8-18)15-17-9-13-30-16-17/h3-6,17-18H,2,7-16H2,1H3,(H2,26,27,28). The second kappa shape index (κ2) is 11.6. The van der Waals surface area contributed by atoms with Gasteiger partial charge < -0.3 is 25.0 Å². The monoisotopic (exact) mass is 442 g/mol. The Balaban J connectivity index is 1.43. The van der Waals surface area contributed by atoms with Crippen molar-refractivity contribution in [3.05, 3.63) is 29.8 Å². The molecule has 2 aliphatic heterocycles. The van der Waals surface area contributed by atoms with E-state index in [-0.39, 0.29) is 18.9 Å². The van der Waals surface area contributed by atoms with E-state index in [1.165, 1.54) is 18.2 Å². The lowest BCUT2D eigenvalue weighted by Gasteiger charge is -2.34. The van der Waals surface area contributed by atoms with Crippen molar-refractivity contribution in [3.63, 3.8) is 0 Å². The van der Waals surface area contributed by atoms with Crippen LogP contribution in [0.25, 0.3) is 0 Å². The third-order valence-corrected chi connectivity index (χ3v) is 5.62. The van der Waals surface area contributed by atoms with Crippen LogP contribution in [0.1, 0.15) is 31.7 Å². The Hall–Kier alpha value is -2.00. The number of aliphatic imine (C=N–C) groups is 1. The molecule has 2 saturated heterocycles. The molecular weight excluding hydrogens is 409 g/mol. The molecule has 174 valence electrons. The number of hydrogen-bond acceptors (Lipinski definition) is 4. The van der Waals surface area contributed by atoms with Crippen LogP contribution in [-0.2, 0) is 10.9 Å². The van der Waals surface area contributed by atoms with Gasteiger partial charge in [0.2, 0.25) is 0 Å². The second-order valence-electron chi connectivity index (χ2n) is 8.05. The van der Waals surface area contributed by atoms with Gasteiger partial charge in [-0.2, -0.15) is 13.2 Å². The van der Waals surface area contributed by atoms with Crippen LogP contribution >= 0.6 is 0 Å². The van der Waals surface area contributed by atoms with Crippen LogP contribution in [0.3, 0.4) is 0 Å². The number of alkyl halides is 3. The highest BCUT2D eigenvalue weighted by Gasteiger charge is 2.34. The van der Waals surface area contributed by atoms with Gasteiger partial charge in [0, 0.05) is 38.8 Å². The molecule has 9 heteroatoms. The molecule has 1 aromatic carbocycles. The number of likely N-dealkylation sites (tertiary alicyclic amines) is 1. The van der Waals surface area contributed by atoms with Crippen LogP contribution in [0.15, 0.2) is 29.3 Å². The summed E-state index contributed by atoms with van der Waals surface area (Å²) in [6.45, 7) is 8.01. The minimum absolute atomic E-state index is 0.0750. The van der Waals surface area contributed by atoms with Crippen molar-refractivity contribution in [1.29, 1.82) is 0 Å². The fraction of sp³-hybridized carbons (Fsp3) is 0.682. The Morgan fingerprint density at radius 1 is 1.23 bits per heavy atom. The molecule has 1 aromatic rings. The van der Waals surface area contributed by atoms with E-state index >= 15 is 0 Å². The molecule has 31 heavy (non-hydrogen) atoms. The zero-order valence-electron chi connectivity index (χ0n) is 18.1. The van der Waals surface area contributed by atoms with Gasteiger partial charge in [0.1, 0.15) is 12.4 Å². The van der Waals surface area contributed by atoms with E-state index < -0.39 is 11.7 Å². The summed E-state index contributed by atoms with van der Waals surface area (Å²) in [5, 5.41) is 6.66. The van der Waals surface area contributed by atoms with Crippen molar-refractivity contribution in [2.24, 2.45) is 10.9 Å². The van der Waals surface area contributed by atoms with E-state index in [1.807, 2.05) is 6.92 Å². The fourth-order valence-corrected chi connectivity index (χ4v) is 4.01. The Labute approximate surface area is 182 Å². The molecule has 2 fully saturated rings. The smallest absolute Gasteiger partial charge is 0.419 e. The van der Waals surface area contributed by atoms with Crippen LogP contribution in [0.2, 0.25) is 0 Å². The Kier molecular flexibility index (Phi) is 8.83. The van der Waals surface area contributed by atoms with Crippen LogP contribution < -0.4 is 15.4 Å². The maximum Gasteiger partial charge on any atom is 0.419 e. The van der Waals surface area contributed by atoms with Crippen LogP contribution in [0, 0.1) is 5.92 Å². The van der Waals surface area contributed by atoms with Gasteiger partial charge in [-0.25, -0.2) is 4.99 Å². The molecule has 0 saturated carbocycles. The highest BCUT2D eigenvalue weighted by Crippen LogP contribution is 2.35. The molecule has 0 spiro atoms. The van der Waals surface area contributed by atoms with Crippen molar-refractivity contribution in [2.75, 3.05) is 52.5 Å². The predicted molar refractivity (Wildman–Crippen MR) is 114 cm³/mol. The van der Waals surface area contributed by atoms with Gasteiger partial charge in [-0.15, -0.1) is 0 Å². The molecule has 0 bridgehead atoms. The zero-order valence-corrected chi connectivity index (χ0v) is 18.1. The van der Waals surface area contributed by atoms with E-state index in [4.69, 9.17) is 9.47 Å². The molecule has 2 N–H and O–H groups in total. The highest BCUT2D eigenvalue weighted by atomic mass is 19.4. The molecular formula is C22H33F3N4O2. The van der Waals surface area contributed by atoms with Crippen molar-refractivity contribution >= 4 is 5.96 Å². The number of nitrogens with one attached hydrogen (secondary N) is 2. The number of benzene rings is 1. The lowest BCUT2D eigenvalue weighted by Crippen LogP contribution is -2.49. The first-order chi connectivity index (χ1) is 15.0. The van der Waals surface area contributed by atoms with E-state index in [0.717, 1.165) is 58.2 Å². The van der Waals surface area contributed by atoms with Crippen molar-refractivity contribution in [2.45, 2.75) is 38.4 Å². The molecule has 2 aliphatic rings. The number of guanidine groups is 1. The third-order valence-electron chi connectivity index (χ3n) is 5.62. The Morgan fingerprint density at radius 3 is 2.68 bits per heavy atom. The van der Waals surface area contributed by atoms with E-state index in [2.05, 4.69) is 20.5 Å². The Bertz CT molecular complexity index is 700.